The van der Waals surface area contributed by atoms with Crippen LogP contribution in [0, 0.1) is 12.7 Å². The number of nitrogens with one attached hydrogen (secondary N) is 2. The van der Waals surface area contributed by atoms with E-state index >= 15 is 0 Å². The largest absolute Gasteiger partial charge is 0.337 e. The molecule has 0 spiro atoms. The Hall–Kier alpha value is -4.03. The zero-order valence-electron chi connectivity index (χ0n) is 17.4. The number of fused-ring (bicyclic) bond motifs is 6. The molecule has 33 heavy (non-hydrogen) atoms. The lowest BCUT2D eigenvalue weighted by Crippen LogP contribution is -2.05. The number of hydrogen-bond acceptors (Lipinski definition) is 3. The number of hydrogen-bond donors (Lipinski definition) is 2. The summed E-state index contributed by atoms with van der Waals surface area (Å²) in [7, 11) is 0. The molecule has 0 aliphatic carbocycles. The van der Waals surface area contributed by atoms with Crippen molar-refractivity contribution in [2.75, 3.05) is 0 Å². The predicted molar refractivity (Wildman–Crippen MR) is 130 cm³/mol. The third kappa shape index (κ3) is 3.02. The number of aromatic nitrogens is 4. The van der Waals surface area contributed by atoms with E-state index in [2.05, 4.69) is 19.9 Å². The van der Waals surface area contributed by atoms with Crippen molar-refractivity contribution in [3.05, 3.63) is 93.7 Å². The summed E-state index contributed by atoms with van der Waals surface area (Å²) in [5.41, 5.74) is 3.89. The molecule has 0 atom stereocenters. The second kappa shape index (κ2) is 7.25. The molecule has 7 heteroatoms. The molecular formula is C26H16ClFN4O. The minimum absolute atomic E-state index is 0.196. The second-order valence-electron chi connectivity index (χ2n) is 7.93. The van der Waals surface area contributed by atoms with Crippen LogP contribution in [0.5, 0.6) is 0 Å². The lowest BCUT2D eigenvalue weighted by atomic mass is 9.98. The maximum absolute atomic E-state index is 14.6. The normalized spacial score (nSPS) is 11.6. The number of aryl methyl sites for hydroxylation is 1. The van der Waals surface area contributed by atoms with E-state index in [0.29, 0.717) is 27.6 Å². The van der Waals surface area contributed by atoms with Crippen molar-refractivity contribution in [2.24, 2.45) is 0 Å². The molecule has 0 bridgehead atoms. The van der Waals surface area contributed by atoms with Gasteiger partial charge in [0, 0.05) is 28.2 Å². The lowest BCUT2D eigenvalue weighted by molar-refractivity contribution is 0.630. The smallest absolute Gasteiger partial charge is 0.256 e. The molecule has 0 amide bonds. The van der Waals surface area contributed by atoms with Crippen molar-refractivity contribution in [3.8, 4) is 22.6 Å². The number of aromatic amines is 2. The first kappa shape index (κ1) is 19.6. The van der Waals surface area contributed by atoms with Crippen molar-refractivity contribution in [1.29, 1.82) is 0 Å². The summed E-state index contributed by atoms with van der Waals surface area (Å²) in [6.07, 6.45) is 1.59. The molecule has 0 unspecified atom stereocenters. The van der Waals surface area contributed by atoms with E-state index in [1.165, 1.54) is 6.07 Å². The molecule has 0 saturated carbocycles. The summed E-state index contributed by atoms with van der Waals surface area (Å²) in [6, 6.07) is 18.0. The number of rotatable bonds is 2. The molecule has 0 aliphatic heterocycles. The van der Waals surface area contributed by atoms with Gasteiger partial charge in [0.15, 0.2) is 0 Å². The molecule has 2 N–H and O–H groups in total. The minimum Gasteiger partial charge on any atom is -0.337 e. The molecule has 160 valence electrons. The van der Waals surface area contributed by atoms with Crippen molar-refractivity contribution >= 4 is 44.2 Å². The summed E-state index contributed by atoms with van der Waals surface area (Å²) < 4.78 is 14.6. The highest BCUT2D eigenvalue weighted by atomic mass is 35.5. The zero-order chi connectivity index (χ0) is 22.7. The van der Waals surface area contributed by atoms with Crippen LogP contribution in [-0.4, -0.2) is 19.9 Å². The Balaban J connectivity index is 1.74. The highest BCUT2D eigenvalue weighted by molar-refractivity contribution is 6.33. The average molecular weight is 455 g/mol. The van der Waals surface area contributed by atoms with Crippen molar-refractivity contribution in [1.82, 2.24) is 19.9 Å². The minimum atomic E-state index is -0.471. The van der Waals surface area contributed by atoms with Crippen LogP contribution in [0.3, 0.4) is 0 Å². The van der Waals surface area contributed by atoms with E-state index in [1.54, 1.807) is 18.3 Å². The molecule has 0 fully saturated rings. The number of imidazole rings is 1. The van der Waals surface area contributed by atoms with Gasteiger partial charge >= 0.3 is 0 Å². The van der Waals surface area contributed by atoms with Gasteiger partial charge in [0.2, 0.25) is 0 Å². The molecule has 3 heterocycles. The van der Waals surface area contributed by atoms with Crippen LogP contribution in [0.4, 0.5) is 4.39 Å². The lowest BCUT2D eigenvalue weighted by Gasteiger charge is -2.08. The first-order valence-electron chi connectivity index (χ1n) is 10.4. The van der Waals surface area contributed by atoms with E-state index in [0.717, 1.165) is 27.7 Å². The van der Waals surface area contributed by atoms with Gasteiger partial charge in [0.05, 0.1) is 32.7 Å². The van der Waals surface area contributed by atoms with E-state index in [-0.39, 0.29) is 16.1 Å². The van der Waals surface area contributed by atoms with Crippen LogP contribution in [0.2, 0.25) is 5.02 Å². The average Bonchev–Trinajstić information content (AvgIpc) is 3.24. The third-order valence-corrected chi connectivity index (χ3v) is 6.18. The molecule has 6 rings (SSSR count). The van der Waals surface area contributed by atoms with Gasteiger partial charge in [-0.05, 0) is 48.7 Å². The first-order chi connectivity index (χ1) is 16.0. The van der Waals surface area contributed by atoms with E-state index in [4.69, 9.17) is 11.6 Å². The number of pyridine rings is 2. The summed E-state index contributed by atoms with van der Waals surface area (Å²) >= 11 is 6.29. The topological polar surface area (TPSA) is 74.4 Å². The molecule has 3 aromatic carbocycles. The number of nitrogens with zero attached hydrogens (tertiary/aromatic N) is 2. The summed E-state index contributed by atoms with van der Waals surface area (Å²) in [5, 5.41) is 3.01. The Morgan fingerprint density at radius 2 is 1.79 bits per heavy atom. The Morgan fingerprint density at radius 1 is 0.939 bits per heavy atom. The van der Waals surface area contributed by atoms with Gasteiger partial charge in [0.25, 0.3) is 5.56 Å². The predicted octanol–water partition coefficient (Wildman–Crippen LogP) is 6.39. The molecule has 5 nitrogen and oxygen atoms in total. The van der Waals surface area contributed by atoms with Crippen molar-refractivity contribution in [3.63, 3.8) is 0 Å². The Labute approximate surface area is 191 Å². The van der Waals surface area contributed by atoms with Gasteiger partial charge in [-0.2, -0.15) is 0 Å². The number of halogens is 2. The van der Waals surface area contributed by atoms with Crippen LogP contribution < -0.4 is 5.56 Å². The van der Waals surface area contributed by atoms with Gasteiger partial charge in [-0.3, -0.25) is 9.78 Å². The van der Waals surface area contributed by atoms with E-state index < -0.39 is 5.82 Å². The van der Waals surface area contributed by atoms with Crippen LogP contribution in [0.25, 0.3) is 55.2 Å². The highest BCUT2D eigenvalue weighted by Gasteiger charge is 2.19. The van der Waals surface area contributed by atoms with E-state index in [9.17, 15) is 9.18 Å². The van der Waals surface area contributed by atoms with Gasteiger partial charge in [-0.25, -0.2) is 9.37 Å². The van der Waals surface area contributed by atoms with Crippen molar-refractivity contribution in [2.45, 2.75) is 6.92 Å². The summed E-state index contributed by atoms with van der Waals surface area (Å²) in [5.74, 6) is -0.160. The molecule has 6 aromatic rings. The summed E-state index contributed by atoms with van der Waals surface area (Å²) in [4.78, 5) is 28.2. The standard InChI is InChI=1S/C26H16ClFN4O/c1-13-4-2-7-20(30-13)14-8-9-15-17(12-14)21-16(10-11-29-26(21)33)24-23(15)31-25(32-24)22-18(27)5-3-6-19(22)28/h2-12H,1H3,(H,29,33)(H,31,32). The quantitative estimate of drug-likeness (QED) is 0.298. The first-order valence-corrected chi connectivity index (χ1v) is 10.7. The van der Waals surface area contributed by atoms with Crippen LogP contribution in [0.1, 0.15) is 5.69 Å². The highest BCUT2D eigenvalue weighted by Crippen LogP contribution is 2.37. The molecule has 0 aliphatic rings. The SMILES string of the molecule is Cc1cccc(-c2ccc3c(c2)c2c(=O)[nH]ccc2c2nc(-c4c(F)cccc4Cl)[nH]c32)n1. The zero-order valence-corrected chi connectivity index (χ0v) is 18.2. The molecule has 0 radical (unpaired) electrons. The fourth-order valence-electron chi connectivity index (χ4n) is 4.38. The maximum Gasteiger partial charge on any atom is 0.256 e. The monoisotopic (exact) mass is 454 g/mol. The van der Waals surface area contributed by atoms with Crippen molar-refractivity contribution < 1.29 is 4.39 Å². The summed E-state index contributed by atoms with van der Waals surface area (Å²) in [6.45, 7) is 1.94. The van der Waals surface area contributed by atoms with Gasteiger partial charge in [0.1, 0.15) is 11.6 Å². The molecule has 0 saturated heterocycles. The Morgan fingerprint density at radius 3 is 2.61 bits per heavy atom. The van der Waals surface area contributed by atoms with Crippen LogP contribution in [0.15, 0.2) is 71.7 Å². The van der Waals surface area contributed by atoms with E-state index in [1.807, 2.05) is 49.4 Å². The number of H-pyrrole nitrogens is 2. The Bertz CT molecular complexity index is 1770. The second-order valence-corrected chi connectivity index (χ2v) is 8.33. The fourth-order valence-corrected chi connectivity index (χ4v) is 4.63. The fraction of sp³-hybridized carbons (Fsp3) is 0.0385. The van der Waals surface area contributed by atoms with Crippen LogP contribution >= 0.6 is 11.6 Å². The maximum atomic E-state index is 14.6. The van der Waals surface area contributed by atoms with Gasteiger partial charge < -0.3 is 9.97 Å². The van der Waals surface area contributed by atoms with Gasteiger partial charge in [-0.1, -0.05) is 35.9 Å². The molecule has 3 aromatic heterocycles. The molecular weight excluding hydrogens is 439 g/mol. The van der Waals surface area contributed by atoms with Gasteiger partial charge in [-0.15, -0.1) is 0 Å². The Kier molecular flexibility index (Phi) is 4.32. The third-order valence-electron chi connectivity index (χ3n) is 5.86. The van der Waals surface area contributed by atoms with Crippen LogP contribution in [-0.2, 0) is 0 Å². The number of benzene rings is 3.